The van der Waals surface area contributed by atoms with Crippen LogP contribution in [0, 0.1) is 6.92 Å². The Kier molecular flexibility index (Phi) is 4.45. The molecule has 0 bridgehead atoms. The molecule has 0 spiro atoms. The molecule has 1 atom stereocenters. The number of aryl methyl sites for hydroxylation is 1. The molecule has 3 rings (SSSR count). The maximum absolute atomic E-state index is 4.48. The first-order valence-corrected chi connectivity index (χ1v) is 6.62. The van der Waals surface area contributed by atoms with Crippen molar-refractivity contribution in [1.82, 2.24) is 19.6 Å². The van der Waals surface area contributed by atoms with E-state index in [2.05, 4.69) is 51.6 Å². The van der Waals surface area contributed by atoms with Gasteiger partial charge in [0.1, 0.15) is 5.65 Å². The second kappa shape index (κ2) is 5.90. The van der Waals surface area contributed by atoms with E-state index in [1.807, 2.05) is 6.20 Å². The van der Waals surface area contributed by atoms with Crippen molar-refractivity contribution in [2.24, 2.45) is 0 Å². The SMILES string of the molecule is Cc1cccc2ncc(CN3CCNC(C)C3)n12.Cl. The Labute approximate surface area is 120 Å². The van der Waals surface area contributed by atoms with Crippen molar-refractivity contribution in [2.45, 2.75) is 26.4 Å². The van der Waals surface area contributed by atoms with Crippen molar-refractivity contribution in [1.29, 1.82) is 0 Å². The van der Waals surface area contributed by atoms with Crippen LogP contribution in [0.1, 0.15) is 18.3 Å². The van der Waals surface area contributed by atoms with Gasteiger partial charge in [-0.1, -0.05) is 6.07 Å². The molecule has 1 N–H and O–H groups in total. The maximum atomic E-state index is 4.48. The van der Waals surface area contributed by atoms with Gasteiger partial charge in [-0.25, -0.2) is 4.98 Å². The van der Waals surface area contributed by atoms with E-state index < -0.39 is 0 Å². The highest BCUT2D eigenvalue weighted by Gasteiger charge is 2.17. The van der Waals surface area contributed by atoms with E-state index in [0.717, 1.165) is 31.8 Å². The quantitative estimate of drug-likeness (QED) is 0.911. The molecule has 2 aromatic rings. The van der Waals surface area contributed by atoms with Crippen LogP contribution in [0.5, 0.6) is 0 Å². The molecular weight excluding hydrogens is 260 g/mol. The van der Waals surface area contributed by atoms with Crippen LogP contribution in [0.15, 0.2) is 24.4 Å². The van der Waals surface area contributed by atoms with Gasteiger partial charge in [-0.2, -0.15) is 0 Å². The number of nitrogens with zero attached hydrogens (tertiary/aromatic N) is 3. The number of halogens is 1. The number of aromatic nitrogens is 2. The lowest BCUT2D eigenvalue weighted by Crippen LogP contribution is -2.48. The van der Waals surface area contributed by atoms with Crippen molar-refractivity contribution < 1.29 is 0 Å². The highest BCUT2D eigenvalue weighted by Crippen LogP contribution is 2.13. The molecule has 1 aliphatic heterocycles. The largest absolute Gasteiger partial charge is 0.312 e. The maximum Gasteiger partial charge on any atom is 0.137 e. The van der Waals surface area contributed by atoms with Crippen LogP contribution in [-0.4, -0.2) is 40.0 Å². The minimum Gasteiger partial charge on any atom is -0.312 e. The summed E-state index contributed by atoms with van der Waals surface area (Å²) in [7, 11) is 0. The van der Waals surface area contributed by atoms with E-state index in [4.69, 9.17) is 0 Å². The molecule has 104 valence electrons. The number of fused-ring (bicyclic) bond motifs is 1. The first kappa shape index (κ1) is 14.3. The standard InChI is InChI=1S/C14H20N4.ClH/c1-11-9-17(7-6-15-11)10-13-8-16-14-5-3-4-12(2)18(13)14;/h3-5,8,11,15H,6-7,9-10H2,1-2H3;1H. The van der Waals surface area contributed by atoms with Gasteiger partial charge in [-0.05, 0) is 26.0 Å². The van der Waals surface area contributed by atoms with E-state index in [1.165, 1.54) is 11.4 Å². The number of nitrogens with one attached hydrogen (secondary N) is 1. The second-order valence-corrected chi connectivity index (χ2v) is 5.20. The van der Waals surface area contributed by atoms with Crippen LogP contribution >= 0.6 is 12.4 Å². The average molecular weight is 281 g/mol. The fourth-order valence-electron chi connectivity index (χ4n) is 2.77. The second-order valence-electron chi connectivity index (χ2n) is 5.20. The van der Waals surface area contributed by atoms with Crippen molar-refractivity contribution in [3.63, 3.8) is 0 Å². The topological polar surface area (TPSA) is 32.6 Å². The minimum atomic E-state index is 0. The third-order valence-corrected chi connectivity index (χ3v) is 3.64. The van der Waals surface area contributed by atoms with Gasteiger partial charge in [0, 0.05) is 37.9 Å². The normalized spacial score (nSPS) is 20.4. The van der Waals surface area contributed by atoms with E-state index in [9.17, 15) is 0 Å². The molecule has 19 heavy (non-hydrogen) atoms. The van der Waals surface area contributed by atoms with Crippen molar-refractivity contribution >= 4 is 18.1 Å². The number of imidazole rings is 1. The number of piperazine rings is 1. The Morgan fingerprint density at radius 2 is 2.26 bits per heavy atom. The summed E-state index contributed by atoms with van der Waals surface area (Å²) >= 11 is 0. The molecule has 4 nitrogen and oxygen atoms in total. The number of hydrogen-bond acceptors (Lipinski definition) is 3. The highest BCUT2D eigenvalue weighted by atomic mass is 35.5. The molecule has 2 aromatic heterocycles. The first-order valence-electron chi connectivity index (χ1n) is 6.62. The molecule has 0 aliphatic carbocycles. The number of rotatable bonds is 2. The van der Waals surface area contributed by atoms with Crippen LogP contribution in [0.3, 0.4) is 0 Å². The zero-order chi connectivity index (χ0) is 12.5. The molecule has 1 aliphatic rings. The summed E-state index contributed by atoms with van der Waals surface area (Å²) < 4.78 is 2.26. The van der Waals surface area contributed by atoms with Crippen LogP contribution in [0.4, 0.5) is 0 Å². The van der Waals surface area contributed by atoms with Crippen LogP contribution in [0.25, 0.3) is 5.65 Å². The number of hydrogen-bond donors (Lipinski definition) is 1. The fraction of sp³-hybridized carbons (Fsp3) is 0.500. The minimum absolute atomic E-state index is 0. The Morgan fingerprint density at radius 3 is 3.05 bits per heavy atom. The lowest BCUT2D eigenvalue weighted by Gasteiger charge is -2.31. The Morgan fingerprint density at radius 1 is 1.42 bits per heavy atom. The molecule has 5 heteroatoms. The predicted octanol–water partition coefficient (Wildman–Crippen LogP) is 1.86. The molecule has 1 saturated heterocycles. The van der Waals surface area contributed by atoms with Gasteiger partial charge in [0.25, 0.3) is 0 Å². The van der Waals surface area contributed by atoms with Crippen LogP contribution in [0.2, 0.25) is 0 Å². The van der Waals surface area contributed by atoms with Gasteiger partial charge in [-0.15, -0.1) is 12.4 Å². The molecule has 1 fully saturated rings. The van der Waals surface area contributed by atoms with Gasteiger partial charge in [-0.3, -0.25) is 4.90 Å². The smallest absolute Gasteiger partial charge is 0.137 e. The third-order valence-electron chi connectivity index (χ3n) is 3.64. The van der Waals surface area contributed by atoms with Crippen LogP contribution < -0.4 is 5.32 Å². The van der Waals surface area contributed by atoms with Gasteiger partial charge in [0.15, 0.2) is 0 Å². The monoisotopic (exact) mass is 280 g/mol. The third kappa shape index (κ3) is 2.91. The van der Waals surface area contributed by atoms with E-state index in [-0.39, 0.29) is 12.4 Å². The molecule has 0 aromatic carbocycles. The highest BCUT2D eigenvalue weighted by molar-refractivity contribution is 5.85. The Balaban J connectivity index is 0.00000133. The summed E-state index contributed by atoms with van der Waals surface area (Å²) in [6.07, 6.45) is 2.01. The van der Waals surface area contributed by atoms with E-state index in [1.54, 1.807) is 0 Å². The molecule has 0 amide bonds. The lowest BCUT2D eigenvalue weighted by atomic mass is 10.2. The molecule has 3 heterocycles. The predicted molar refractivity (Wildman–Crippen MR) is 79.9 cm³/mol. The van der Waals surface area contributed by atoms with Crippen molar-refractivity contribution in [2.75, 3.05) is 19.6 Å². The van der Waals surface area contributed by atoms with Crippen LogP contribution in [-0.2, 0) is 6.54 Å². The lowest BCUT2D eigenvalue weighted by molar-refractivity contribution is 0.197. The Bertz CT molecular complexity index is 551. The average Bonchev–Trinajstić information content (AvgIpc) is 2.74. The summed E-state index contributed by atoms with van der Waals surface area (Å²) in [4.78, 5) is 6.98. The molecule has 0 radical (unpaired) electrons. The summed E-state index contributed by atoms with van der Waals surface area (Å²) in [6.45, 7) is 8.67. The van der Waals surface area contributed by atoms with Gasteiger partial charge in [0.05, 0.1) is 11.9 Å². The fourth-order valence-corrected chi connectivity index (χ4v) is 2.77. The summed E-state index contributed by atoms with van der Waals surface area (Å²) in [6, 6.07) is 6.85. The molecular formula is C14H21ClN4. The van der Waals surface area contributed by atoms with Gasteiger partial charge in [0.2, 0.25) is 0 Å². The zero-order valence-electron chi connectivity index (χ0n) is 11.5. The Hall–Kier alpha value is -1.10. The zero-order valence-corrected chi connectivity index (χ0v) is 12.3. The number of pyridine rings is 1. The summed E-state index contributed by atoms with van der Waals surface area (Å²) in [5.74, 6) is 0. The molecule has 0 saturated carbocycles. The van der Waals surface area contributed by atoms with E-state index >= 15 is 0 Å². The van der Waals surface area contributed by atoms with Crippen molar-refractivity contribution in [3.8, 4) is 0 Å². The molecule has 1 unspecified atom stereocenters. The first-order chi connectivity index (χ1) is 8.74. The van der Waals surface area contributed by atoms with Gasteiger partial charge >= 0.3 is 0 Å². The summed E-state index contributed by atoms with van der Waals surface area (Å²) in [5, 5.41) is 3.48. The van der Waals surface area contributed by atoms with E-state index in [0.29, 0.717) is 6.04 Å². The summed E-state index contributed by atoms with van der Waals surface area (Å²) in [5.41, 5.74) is 3.59. The van der Waals surface area contributed by atoms with Gasteiger partial charge < -0.3 is 9.72 Å². The van der Waals surface area contributed by atoms with Crippen molar-refractivity contribution in [3.05, 3.63) is 35.8 Å².